The molecule has 8 heteroatoms. The zero-order valence-corrected chi connectivity index (χ0v) is 17.2. The van der Waals surface area contributed by atoms with Crippen molar-refractivity contribution < 1.29 is 9.53 Å². The summed E-state index contributed by atoms with van der Waals surface area (Å²) < 4.78 is 5.50. The summed E-state index contributed by atoms with van der Waals surface area (Å²) in [6.07, 6.45) is 2.30. The number of halogens is 2. The van der Waals surface area contributed by atoms with E-state index in [0.717, 1.165) is 17.2 Å². The van der Waals surface area contributed by atoms with E-state index >= 15 is 0 Å². The molecule has 5 nitrogen and oxygen atoms in total. The molecule has 0 radical (unpaired) electrons. The van der Waals surface area contributed by atoms with E-state index in [9.17, 15) is 4.79 Å². The number of nitrogens with zero attached hydrogens (tertiary/aromatic N) is 3. The number of amides is 1. The van der Waals surface area contributed by atoms with Crippen LogP contribution < -0.4 is 4.90 Å². The zero-order valence-electron chi connectivity index (χ0n) is 14.9. The van der Waals surface area contributed by atoms with Gasteiger partial charge >= 0.3 is 6.09 Å². The third-order valence-electron chi connectivity index (χ3n) is 3.99. The van der Waals surface area contributed by atoms with Crippen LogP contribution in [0.1, 0.15) is 27.2 Å². The van der Waals surface area contributed by atoms with Gasteiger partial charge in [0.1, 0.15) is 5.60 Å². The van der Waals surface area contributed by atoms with E-state index in [2.05, 4.69) is 9.88 Å². The number of hydrogen-bond acceptors (Lipinski definition) is 5. The number of carbonyl (C=O) groups excluding carboxylic acids is 1. The Balaban J connectivity index is 1.83. The quantitative estimate of drug-likeness (QED) is 0.656. The summed E-state index contributed by atoms with van der Waals surface area (Å²) in [6.45, 7) is 6.82. The lowest BCUT2D eigenvalue weighted by Gasteiger charge is -2.29. The van der Waals surface area contributed by atoms with Crippen LogP contribution in [0.2, 0.25) is 10.0 Å². The Kier molecular flexibility index (Phi) is 5.65. The zero-order chi connectivity index (χ0) is 18.9. The van der Waals surface area contributed by atoms with Crippen molar-refractivity contribution in [1.82, 2.24) is 9.88 Å². The van der Waals surface area contributed by atoms with Gasteiger partial charge in [0.2, 0.25) is 0 Å². The lowest BCUT2D eigenvalue weighted by atomic mass is 10.2. The topological polar surface area (TPSA) is 45.7 Å². The summed E-state index contributed by atoms with van der Waals surface area (Å²) >= 11 is 13.8. The van der Waals surface area contributed by atoms with Crippen molar-refractivity contribution in [2.24, 2.45) is 0 Å². The monoisotopic (exact) mass is 413 g/mol. The first-order valence-electron chi connectivity index (χ1n) is 8.36. The molecule has 1 aliphatic heterocycles. The Labute approximate surface area is 167 Å². The number of anilines is 2. The number of likely N-dealkylation sites (tertiary alicyclic amines) is 1. The number of hydrogen-bond donors (Lipinski definition) is 0. The largest absolute Gasteiger partial charge is 0.444 e. The molecule has 0 N–H and O–H groups in total. The maximum atomic E-state index is 12.4. The predicted octanol–water partition coefficient (Wildman–Crippen LogP) is 5.60. The van der Waals surface area contributed by atoms with Gasteiger partial charge in [-0.15, -0.1) is 11.3 Å². The van der Waals surface area contributed by atoms with Crippen LogP contribution in [-0.4, -0.2) is 40.7 Å². The van der Waals surface area contributed by atoms with Crippen LogP contribution in [0, 0.1) is 0 Å². The molecule has 1 fully saturated rings. The van der Waals surface area contributed by atoms with Crippen LogP contribution in [0.25, 0.3) is 0 Å². The number of benzene rings is 1. The molecule has 1 aromatic heterocycles. The molecule has 0 bridgehead atoms. The van der Waals surface area contributed by atoms with E-state index in [1.165, 1.54) is 0 Å². The Hall–Kier alpha value is -1.50. The molecule has 0 saturated carbocycles. The summed E-state index contributed by atoms with van der Waals surface area (Å²) in [4.78, 5) is 20.7. The van der Waals surface area contributed by atoms with Gasteiger partial charge in [0.05, 0.1) is 16.1 Å². The molecule has 1 aliphatic rings. The second kappa shape index (κ2) is 7.62. The molecule has 26 heavy (non-hydrogen) atoms. The number of carbonyl (C=O) groups is 1. The summed E-state index contributed by atoms with van der Waals surface area (Å²) in [5.41, 5.74) is 0.402. The number of thiazole rings is 1. The third kappa shape index (κ3) is 4.42. The maximum absolute atomic E-state index is 12.4. The SMILES string of the molecule is CC(C)(C)OC(=O)N1CC[C@H](N(c2ccc(Cl)c(Cl)c2)c2nccs2)C1. The molecular weight excluding hydrogens is 393 g/mol. The first kappa shape index (κ1) is 19.3. The Morgan fingerprint density at radius 2 is 2.12 bits per heavy atom. The molecule has 0 spiro atoms. The predicted molar refractivity (Wildman–Crippen MR) is 107 cm³/mol. The third-order valence-corrected chi connectivity index (χ3v) is 5.50. The summed E-state index contributed by atoms with van der Waals surface area (Å²) in [5, 5.41) is 3.80. The van der Waals surface area contributed by atoms with Gasteiger partial charge in [-0.25, -0.2) is 9.78 Å². The van der Waals surface area contributed by atoms with Gasteiger partial charge < -0.3 is 14.5 Å². The second-order valence-electron chi connectivity index (χ2n) is 7.15. The molecule has 2 heterocycles. The molecule has 1 saturated heterocycles. The molecule has 2 aromatic rings. The Bertz CT molecular complexity index is 777. The fourth-order valence-electron chi connectivity index (χ4n) is 2.89. The molecule has 0 aliphatic carbocycles. The van der Waals surface area contributed by atoms with Crippen LogP contribution in [0.3, 0.4) is 0 Å². The summed E-state index contributed by atoms with van der Waals surface area (Å²) in [7, 11) is 0. The van der Waals surface area contributed by atoms with E-state index in [4.69, 9.17) is 27.9 Å². The lowest BCUT2D eigenvalue weighted by molar-refractivity contribution is 0.0293. The van der Waals surface area contributed by atoms with Crippen molar-refractivity contribution in [3.63, 3.8) is 0 Å². The van der Waals surface area contributed by atoms with Crippen molar-refractivity contribution in [3.8, 4) is 0 Å². The first-order valence-corrected chi connectivity index (χ1v) is 10.00. The normalized spacial score (nSPS) is 17.4. The standard InChI is InChI=1S/C18H21Cl2N3O2S/c1-18(2,3)25-17(24)22-8-6-13(11-22)23(16-21-7-9-26-16)12-4-5-14(19)15(20)10-12/h4-5,7,9-10,13H,6,8,11H2,1-3H3/t13-/m0/s1. The van der Waals surface area contributed by atoms with Gasteiger partial charge in [0.25, 0.3) is 0 Å². The van der Waals surface area contributed by atoms with E-state index in [0.29, 0.717) is 23.1 Å². The highest BCUT2D eigenvalue weighted by Gasteiger charge is 2.34. The smallest absolute Gasteiger partial charge is 0.410 e. The minimum atomic E-state index is -0.506. The van der Waals surface area contributed by atoms with E-state index < -0.39 is 5.60 Å². The lowest BCUT2D eigenvalue weighted by Crippen LogP contribution is -2.38. The molecule has 0 unspecified atom stereocenters. The number of rotatable bonds is 3. The van der Waals surface area contributed by atoms with Crippen LogP contribution in [0.4, 0.5) is 15.6 Å². The number of ether oxygens (including phenoxy) is 1. The fourth-order valence-corrected chi connectivity index (χ4v) is 3.92. The van der Waals surface area contributed by atoms with Crippen molar-refractivity contribution in [3.05, 3.63) is 39.8 Å². The van der Waals surface area contributed by atoms with Gasteiger partial charge in [-0.1, -0.05) is 23.2 Å². The average molecular weight is 414 g/mol. The molecular formula is C18H21Cl2N3O2S. The summed E-state index contributed by atoms with van der Waals surface area (Å²) in [6, 6.07) is 5.62. The molecule has 1 amide bonds. The van der Waals surface area contributed by atoms with Crippen molar-refractivity contribution >= 4 is 51.5 Å². The van der Waals surface area contributed by atoms with Crippen LogP contribution >= 0.6 is 34.5 Å². The van der Waals surface area contributed by atoms with Crippen LogP contribution in [-0.2, 0) is 4.74 Å². The molecule has 140 valence electrons. The van der Waals surface area contributed by atoms with Gasteiger partial charge in [0.15, 0.2) is 5.13 Å². The molecule has 1 aromatic carbocycles. The van der Waals surface area contributed by atoms with Crippen molar-refractivity contribution in [2.75, 3.05) is 18.0 Å². The maximum Gasteiger partial charge on any atom is 0.410 e. The summed E-state index contributed by atoms with van der Waals surface area (Å²) in [5.74, 6) is 0. The van der Waals surface area contributed by atoms with Gasteiger partial charge in [-0.05, 0) is 45.4 Å². The van der Waals surface area contributed by atoms with E-state index in [-0.39, 0.29) is 12.1 Å². The van der Waals surface area contributed by atoms with Crippen LogP contribution in [0.15, 0.2) is 29.8 Å². The highest BCUT2D eigenvalue weighted by Crippen LogP contribution is 2.36. The van der Waals surface area contributed by atoms with E-state index in [1.54, 1.807) is 28.5 Å². The van der Waals surface area contributed by atoms with Crippen LogP contribution in [0.5, 0.6) is 0 Å². The average Bonchev–Trinajstić information content (AvgIpc) is 3.22. The highest BCUT2D eigenvalue weighted by atomic mass is 35.5. The minimum absolute atomic E-state index is 0.0888. The fraction of sp³-hybridized carbons (Fsp3) is 0.444. The molecule has 1 atom stereocenters. The van der Waals surface area contributed by atoms with Gasteiger partial charge in [-0.3, -0.25) is 0 Å². The first-order chi connectivity index (χ1) is 12.2. The van der Waals surface area contributed by atoms with E-state index in [1.807, 2.05) is 38.3 Å². The second-order valence-corrected chi connectivity index (χ2v) is 8.84. The minimum Gasteiger partial charge on any atom is -0.444 e. The van der Waals surface area contributed by atoms with Crippen molar-refractivity contribution in [2.45, 2.75) is 38.8 Å². The van der Waals surface area contributed by atoms with Gasteiger partial charge in [0, 0.05) is 30.4 Å². The highest BCUT2D eigenvalue weighted by molar-refractivity contribution is 7.13. The molecule has 3 rings (SSSR count). The number of aromatic nitrogens is 1. The Morgan fingerprint density at radius 3 is 2.73 bits per heavy atom. The Morgan fingerprint density at radius 1 is 1.35 bits per heavy atom. The van der Waals surface area contributed by atoms with Crippen molar-refractivity contribution in [1.29, 1.82) is 0 Å². The van der Waals surface area contributed by atoms with Gasteiger partial charge in [-0.2, -0.15) is 0 Å².